The van der Waals surface area contributed by atoms with Gasteiger partial charge in [-0.15, -0.1) is 0 Å². The summed E-state index contributed by atoms with van der Waals surface area (Å²) in [7, 11) is -3.73. The van der Waals surface area contributed by atoms with Crippen molar-refractivity contribution in [1.82, 2.24) is 5.32 Å². The van der Waals surface area contributed by atoms with Crippen molar-refractivity contribution in [3.63, 3.8) is 0 Å². The molecule has 0 saturated carbocycles. The fourth-order valence-electron chi connectivity index (χ4n) is 1.92. The van der Waals surface area contributed by atoms with E-state index in [1.165, 1.54) is 24.3 Å². The van der Waals surface area contributed by atoms with E-state index >= 15 is 0 Å². The zero-order valence-electron chi connectivity index (χ0n) is 12.1. The highest BCUT2D eigenvalue weighted by Gasteiger charge is 2.07. The molecule has 122 valence electrons. The third-order valence-corrected chi connectivity index (χ3v) is 4.45. The van der Waals surface area contributed by atoms with E-state index < -0.39 is 10.0 Å². The Hall–Kier alpha value is -1.90. The van der Waals surface area contributed by atoms with Crippen LogP contribution in [0.25, 0.3) is 0 Å². The van der Waals surface area contributed by atoms with Crippen molar-refractivity contribution in [1.29, 1.82) is 0 Å². The zero-order chi connectivity index (χ0) is 16.9. The molecule has 2 aromatic carbocycles. The van der Waals surface area contributed by atoms with Crippen LogP contribution in [0, 0.1) is 0 Å². The molecule has 4 N–H and O–H groups in total. The van der Waals surface area contributed by atoms with Gasteiger partial charge in [-0.2, -0.15) is 0 Å². The average Bonchev–Trinajstić information content (AvgIpc) is 2.47. The first-order chi connectivity index (χ1) is 10.8. The van der Waals surface area contributed by atoms with Gasteiger partial charge in [0.15, 0.2) is 0 Å². The van der Waals surface area contributed by atoms with Crippen LogP contribution in [0.4, 0.5) is 10.5 Å². The Labute approximate surface area is 143 Å². The van der Waals surface area contributed by atoms with Crippen LogP contribution in [0.2, 0.25) is 0 Å². The molecule has 0 aliphatic carbocycles. The van der Waals surface area contributed by atoms with E-state index in [0.717, 1.165) is 10.0 Å². The van der Waals surface area contributed by atoms with Crippen molar-refractivity contribution in [2.45, 2.75) is 11.3 Å². The molecule has 2 rings (SSSR count). The Morgan fingerprint density at radius 2 is 1.83 bits per heavy atom. The van der Waals surface area contributed by atoms with Crippen LogP contribution in [-0.2, 0) is 16.4 Å². The van der Waals surface area contributed by atoms with E-state index in [2.05, 4.69) is 26.6 Å². The first-order valence-corrected chi connectivity index (χ1v) is 9.11. The topological polar surface area (TPSA) is 101 Å². The second kappa shape index (κ2) is 7.58. The number of carbonyl (C=O) groups is 1. The maximum absolute atomic E-state index is 11.8. The molecule has 23 heavy (non-hydrogen) atoms. The van der Waals surface area contributed by atoms with E-state index in [0.29, 0.717) is 18.7 Å². The fraction of sp³-hybridized carbons (Fsp3) is 0.133. The number of amides is 2. The number of rotatable bonds is 5. The number of benzene rings is 2. The van der Waals surface area contributed by atoms with Crippen LogP contribution in [-0.4, -0.2) is 21.0 Å². The minimum atomic E-state index is -3.73. The molecule has 0 fully saturated rings. The summed E-state index contributed by atoms with van der Waals surface area (Å²) < 4.78 is 23.3. The number of nitrogens with one attached hydrogen (secondary N) is 2. The molecule has 8 heteroatoms. The molecule has 0 aliphatic heterocycles. The van der Waals surface area contributed by atoms with Crippen LogP contribution in [0.1, 0.15) is 5.56 Å². The number of urea groups is 1. The van der Waals surface area contributed by atoms with Crippen molar-refractivity contribution in [3.8, 4) is 0 Å². The van der Waals surface area contributed by atoms with Crippen LogP contribution >= 0.6 is 15.9 Å². The summed E-state index contributed by atoms with van der Waals surface area (Å²) >= 11 is 3.40. The number of hydrogen-bond acceptors (Lipinski definition) is 3. The highest BCUT2D eigenvalue weighted by molar-refractivity contribution is 9.10. The number of sulfonamides is 1. The highest BCUT2D eigenvalue weighted by atomic mass is 79.9. The van der Waals surface area contributed by atoms with Gasteiger partial charge in [-0.1, -0.05) is 28.1 Å². The highest BCUT2D eigenvalue weighted by Crippen LogP contribution is 2.13. The summed E-state index contributed by atoms with van der Waals surface area (Å²) in [6, 6.07) is 13.1. The number of halogens is 1. The molecule has 0 heterocycles. The van der Waals surface area contributed by atoms with Gasteiger partial charge in [-0.25, -0.2) is 18.4 Å². The van der Waals surface area contributed by atoms with Gasteiger partial charge in [-0.05, 0) is 48.4 Å². The number of primary sulfonamides is 1. The summed E-state index contributed by atoms with van der Waals surface area (Å²) in [5, 5.41) is 10.4. The summed E-state index contributed by atoms with van der Waals surface area (Å²) in [4.78, 5) is 11.8. The molecule has 0 spiro atoms. The smallest absolute Gasteiger partial charge is 0.319 e. The first kappa shape index (κ1) is 17.5. The lowest BCUT2D eigenvalue weighted by atomic mass is 10.1. The van der Waals surface area contributed by atoms with Gasteiger partial charge in [0.25, 0.3) is 0 Å². The van der Waals surface area contributed by atoms with Crippen molar-refractivity contribution in [3.05, 3.63) is 58.6 Å². The molecule has 6 nitrogen and oxygen atoms in total. The minimum Gasteiger partial charge on any atom is -0.338 e. The van der Waals surface area contributed by atoms with E-state index in [4.69, 9.17) is 5.14 Å². The number of carbonyl (C=O) groups excluding carboxylic acids is 1. The minimum absolute atomic E-state index is 0.00175. The van der Waals surface area contributed by atoms with Crippen LogP contribution in [0.5, 0.6) is 0 Å². The van der Waals surface area contributed by atoms with Crippen molar-refractivity contribution in [2.24, 2.45) is 5.14 Å². The van der Waals surface area contributed by atoms with Crippen molar-refractivity contribution >= 4 is 37.7 Å². The summed E-state index contributed by atoms with van der Waals surface area (Å²) in [6.07, 6.45) is 0.706. The third-order valence-electron chi connectivity index (χ3n) is 3.03. The summed E-state index contributed by atoms with van der Waals surface area (Å²) in [6.45, 7) is 0.484. The van der Waals surface area contributed by atoms with Gasteiger partial charge in [-0.3, -0.25) is 0 Å². The average molecular weight is 398 g/mol. The lowest BCUT2D eigenvalue weighted by Gasteiger charge is -2.08. The molecule has 2 aromatic rings. The van der Waals surface area contributed by atoms with Gasteiger partial charge >= 0.3 is 6.03 Å². The quantitative estimate of drug-likeness (QED) is 0.721. The van der Waals surface area contributed by atoms with Gasteiger partial charge < -0.3 is 10.6 Å². The summed E-state index contributed by atoms with van der Waals surface area (Å²) in [5.74, 6) is 0. The molecule has 0 saturated heterocycles. The monoisotopic (exact) mass is 397 g/mol. The molecule has 0 aliphatic rings. The third kappa shape index (κ3) is 5.66. The Balaban J connectivity index is 1.83. The molecule has 2 amide bonds. The lowest BCUT2D eigenvalue weighted by molar-refractivity contribution is 0.252. The fourth-order valence-corrected chi connectivity index (χ4v) is 2.88. The first-order valence-electron chi connectivity index (χ1n) is 6.77. The Kier molecular flexibility index (Phi) is 5.75. The van der Waals surface area contributed by atoms with Crippen molar-refractivity contribution in [2.75, 3.05) is 11.9 Å². The van der Waals surface area contributed by atoms with E-state index in [1.807, 2.05) is 24.3 Å². The second-order valence-electron chi connectivity index (χ2n) is 4.83. The van der Waals surface area contributed by atoms with Gasteiger partial charge in [0.2, 0.25) is 10.0 Å². The molecule has 0 atom stereocenters. The number of anilines is 1. The molecular weight excluding hydrogens is 382 g/mol. The molecule has 0 aromatic heterocycles. The molecule has 0 radical (unpaired) electrons. The summed E-state index contributed by atoms with van der Waals surface area (Å²) in [5.41, 5.74) is 1.59. The predicted octanol–water partition coefficient (Wildman–Crippen LogP) is 2.46. The number of hydrogen-bond donors (Lipinski definition) is 3. The van der Waals surface area contributed by atoms with E-state index in [1.54, 1.807) is 0 Å². The molecule has 0 unspecified atom stereocenters. The zero-order valence-corrected chi connectivity index (χ0v) is 14.5. The predicted molar refractivity (Wildman–Crippen MR) is 92.7 cm³/mol. The second-order valence-corrected chi connectivity index (χ2v) is 7.31. The van der Waals surface area contributed by atoms with Gasteiger partial charge in [0.1, 0.15) is 0 Å². The maximum Gasteiger partial charge on any atom is 0.319 e. The SMILES string of the molecule is NS(=O)(=O)c1ccc(NC(=O)NCCc2cccc(Br)c2)cc1. The van der Waals surface area contributed by atoms with Gasteiger partial charge in [0, 0.05) is 16.7 Å². The van der Waals surface area contributed by atoms with Crippen LogP contribution in [0.3, 0.4) is 0 Å². The molecule has 0 bridgehead atoms. The standard InChI is InChI=1S/C15H16BrN3O3S/c16-12-3-1-2-11(10-12)8-9-18-15(20)19-13-4-6-14(7-5-13)23(17,21)22/h1-7,10H,8-9H2,(H2,17,21,22)(H2,18,19,20). The van der Waals surface area contributed by atoms with Crippen molar-refractivity contribution < 1.29 is 13.2 Å². The van der Waals surface area contributed by atoms with E-state index in [-0.39, 0.29) is 10.9 Å². The Bertz CT molecular complexity index is 792. The van der Waals surface area contributed by atoms with Crippen LogP contribution < -0.4 is 15.8 Å². The van der Waals surface area contributed by atoms with E-state index in [9.17, 15) is 13.2 Å². The normalized spacial score (nSPS) is 11.0. The largest absolute Gasteiger partial charge is 0.338 e. The van der Waals surface area contributed by atoms with Gasteiger partial charge in [0.05, 0.1) is 4.90 Å². The Morgan fingerprint density at radius 1 is 1.13 bits per heavy atom. The molecular formula is C15H16BrN3O3S. The number of nitrogens with two attached hydrogens (primary N) is 1. The lowest BCUT2D eigenvalue weighted by Crippen LogP contribution is -2.30. The maximum atomic E-state index is 11.8. The Morgan fingerprint density at radius 3 is 2.43 bits per heavy atom. The van der Waals surface area contributed by atoms with Crippen LogP contribution in [0.15, 0.2) is 57.9 Å².